The molecule has 1 aliphatic rings. The number of benzene rings is 3. The quantitative estimate of drug-likeness (QED) is 0.178. The van der Waals surface area contributed by atoms with E-state index in [1.165, 1.54) is 0 Å². The van der Waals surface area contributed by atoms with Crippen molar-refractivity contribution in [2.75, 3.05) is 0 Å². The maximum atomic E-state index is 3.05. The molecule has 0 aromatic heterocycles. The van der Waals surface area contributed by atoms with Gasteiger partial charge in [0.15, 0.2) is 0 Å². The van der Waals surface area contributed by atoms with E-state index in [-0.39, 0.29) is 40.6 Å². The van der Waals surface area contributed by atoms with Gasteiger partial charge in [-0.1, -0.05) is 0 Å². The minimum absolute atomic E-state index is 0. The summed E-state index contributed by atoms with van der Waals surface area (Å²) in [6.45, 7) is 82.6. The molecule has 0 atom stereocenters. The Bertz CT molecular complexity index is 2190. The fourth-order valence-electron chi connectivity index (χ4n) is 11.3. The van der Waals surface area contributed by atoms with Crippen LogP contribution >= 0.6 is 0 Å². The average Bonchev–Trinajstić information content (AvgIpc) is 3.23. The normalized spacial score (nSPS) is 15.9. The Morgan fingerprint density at radius 3 is 0.500 bits per heavy atom. The predicted octanol–water partition coefficient (Wildman–Crippen LogP) is 1.01. The first kappa shape index (κ1) is 66.9. The van der Waals surface area contributed by atoms with Crippen LogP contribution in [0.4, 0.5) is 0 Å². The minimum atomic E-state index is -3.26. The van der Waals surface area contributed by atoms with E-state index in [4.69, 9.17) is 0 Å². The molecule has 0 aliphatic heterocycles. The fraction of sp³-hybridized carbons (Fsp3) is 0.593. The Hall–Kier alpha value is 0.893. The zero-order valence-corrected chi connectivity index (χ0v) is 63.4. The van der Waals surface area contributed by atoms with Crippen LogP contribution in [0.25, 0.3) is 0 Å². The zero-order valence-electron chi connectivity index (χ0n) is 49.6. The Balaban J connectivity index is 0.00000771. The summed E-state index contributed by atoms with van der Waals surface area (Å²) in [5.41, 5.74) is 6.41. The van der Waals surface area contributed by atoms with Gasteiger partial charge in [-0.05, 0) is 0 Å². The standard InChI is InChI=1S/C54H99Si10.3ClH.Ti/c1-38-39(2)41(4)54(40(38)3)64(51-35-45(58(14,15)16)42(55(5,6)7)32-48(51)61(23,24)25,52-36-46(59(17,18)19)43(56(8,9)10)33-49(52)62(26,27)28)53-37-47(60(20,21)22)44(57(11,12)13)34-50(53)63(29,30)31;;;;/h32-37H,1-31H3;3*1H;/q;;;;+3/p-3. The molecule has 0 unspecified atom stereocenters. The van der Waals surface area contributed by atoms with Crippen LogP contribution in [0, 0.1) is 0 Å². The third-order valence-electron chi connectivity index (χ3n) is 15.3. The molecule has 0 heterocycles. The Kier molecular flexibility index (Phi) is 20.5. The molecule has 0 N–H and O–H groups in total. The summed E-state index contributed by atoms with van der Waals surface area (Å²) >= 11 is 2.85. The predicted molar refractivity (Wildman–Crippen MR) is 330 cm³/mol. The Morgan fingerprint density at radius 2 is 0.368 bits per heavy atom. The average molecular weight is 1180 g/mol. The van der Waals surface area contributed by atoms with Gasteiger partial charge >= 0.3 is 430 Å². The van der Waals surface area contributed by atoms with E-state index in [1.807, 2.05) is 15.6 Å². The summed E-state index contributed by atoms with van der Waals surface area (Å²) < 4.78 is -0.176. The maximum absolute atomic E-state index is 3.26. The van der Waals surface area contributed by atoms with Gasteiger partial charge in [0, 0.05) is 0 Å². The van der Waals surface area contributed by atoms with Gasteiger partial charge in [-0.2, -0.15) is 0 Å². The summed E-state index contributed by atoms with van der Waals surface area (Å²) in [4.78, 5) is 0. The first-order valence-corrected chi connectivity index (χ1v) is 59.5. The van der Waals surface area contributed by atoms with Crippen LogP contribution in [-0.4, -0.2) is 80.7 Å². The second kappa shape index (κ2) is 20.8. The van der Waals surface area contributed by atoms with Gasteiger partial charge in [-0.15, -0.1) is 0 Å². The summed E-state index contributed by atoms with van der Waals surface area (Å²) in [6, 6.07) is 18.0. The van der Waals surface area contributed by atoms with E-state index >= 15 is 0 Å². The molecule has 0 bridgehead atoms. The molecule has 68 heavy (non-hydrogen) atoms. The van der Waals surface area contributed by atoms with Gasteiger partial charge in [0.2, 0.25) is 0 Å². The molecular formula is C54H99Cl3Si10Ti. The van der Waals surface area contributed by atoms with Crippen LogP contribution in [0.2, 0.25) is 180 Å². The molecule has 0 spiro atoms. The van der Waals surface area contributed by atoms with E-state index in [9.17, 15) is 0 Å². The number of hydrogen-bond donors (Lipinski definition) is 0. The number of rotatable bonds is 13. The first-order chi connectivity index (χ1) is 28.5. The second-order valence-electron chi connectivity index (χ2n) is 30.1. The molecule has 3 aromatic carbocycles. The van der Waals surface area contributed by atoms with Crippen LogP contribution < -0.4 is 99.5 Å². The summed E-state index contributed by atoms with van der Waals surface area (Å²) in [5.74, 6) is 0. The van der Waals surface area contributed by atoms with Crippen molar-refractivity contribution < 1.29 is 57.7 Å². The molecule has 380 valence electrons. The van der Waals surface area contributed by atoms with Crippen molar-refractivity contribution in [2.45, 2.75) is 208 Å². The number of hydrogen-bond acceptors (Lipinski definition) is 0. The minimum Gasteiger partial charge on any atom is -1.00 e. The van der Waals surface area contributed by atoms with Crippen molar-refractivity contribution in [1.82, 2.24) is 0 Å². The molecular weight excluding hydrogens is 1080 g/mol. The number of halogens is 3. The van der Waals surface area contributed by atoms with Crippen molar-refractivity contribution >= 4 is 143 Å². The molecule has 4 rings (SSSR count). The first-order valence-electron chi connectivity index (χ1n) is 25.2. The van der Waals surface area contributed by atoms with E-state index in [1.54, 1.807) is 69.0 Å². The van der Waals surface area contributed by atoms with E-state index in [0.717, 1.165) is 0 Å². The van der Waals surface area contributed by atoms with Gasteiger partial charge in [0.05, 0.1) is 0 Å². The van der Waals surface area contributed by atoms with Crippen LogP contribution in [-0.2, 0) is 20.4 Å². The fourth-order valence-corrected chi connectivity index (χ4v) is 45.7. The molecule has 0 radical (unpaired) electrons. The third-order valence-corrected chi connectivity index (χ3v) is 43.6. The molecule has 0 saturated heterocycles. The summed E-state index contributed by atoms with van der Waals surface area (Å²) in [5, 5.41) is 21.4. The van der Waals surface area contributed by atoms with Gasteiger partial charge in [0.25, 0.3) is 0 Å². The summed E-state index contributed by atoms with van der Waals surface area (Å²) in [7, 11) is -20.2. The van der Waals surface area contributed by atoms with Crippen LogP contribution in [0.1, 0.15) is 27.7 Å². The molecule has 0 saturated carbocycles. The smallest absolute Gasteiger partial charge is 1.00 e. The van der Waals surface area contributed by atoms with Crippen molar-refractivity contribution in [3.8, 4) is 0 Å². The van der Waals surface area contributed by atoms with Gasteiger partial charge < -0.3 is 37.2 Å². The van der Waals surface area contributed by atoms with Gasteiger partial charge in [-0.3, -0.25) is 0 Å². The largest absolute Gasteiger partial charge is 1.00 e. The SMILES string of the molecule is CC1=C(C)[C]([Ti+3])([Si](c2cc([Si](C)(C)C)c([Si](C)(C)C)cc2[Si](C)(C)C)(c2cc([Si](C)(C)C)c([Si](C)(C)C)cc2[Si](C)(C)C)c2cc([Si](C)(C)C)c([Si](C)(C)C)cc2[Si](C)(C)C)C(C)=C1C.[Cl-].[Cl-].[Cl-]. The summed E-state index contributed by atoms with van der Waals surface area (Å²) in [6.07, 6.45) is 0. The van der Waals surface area contributed by atoms with Gasteiger partial charge in [0.1, 0.15) is 0 Å². The molecule has 1 aliphatic carbocycles. The van der Waals surface area contributed by atoms with Crippen LogP contribution in [0.3, 0.4) is 0 Å². The molecule has 14 heteroatoms. The topological polar surface area (TPSA) is 0 Å². The van der Waals surface area contributed by atoms with Crippen molar-refractivity contribution in [3.05, 3.63) is 58.7 Å². The van der Waals surface area contributed by atoms with Crippen molar-refractivity contribution in [3.63, 3.8) is 0 Å². The monoisotopic (exact) mass is 1180 g/mol. The van der Waals surface area contributed by atoms with E-state index in [0.29, 0.717) is 0 Å². The van der Waals surface area contributed by atoms with E-state index in [2.05, 4.69) is 261 Å². The van der Waals surface area contributed by atoms with Crippen LogP contribution in [0.15, 0.2) is 58.7 Å². The van der Waals surface area contributed by atoms with E-state index < -0.39 is 80.7 Å². The maximum Gasteiger partial charge on any atom is -1.00 e. The molecule has 0 fully saturated rings. The number of allylic oxidation sites excluding steroid dienone is 4. The Morgan fingerprint density at radius 1 is 0.250 bits per heavy atom. The molecule has 3 aromatic rings. The Labute approximate surface area is 462 Å². The molecule has 0 nitrogen and oxygen atoms in total. The van der Waals surface area contributed by atoms with Crippen molar-refractivity contribution in [1.29, 1.82) is 0 Å². The van der Waals surface area contributed by atoms with Crippen molar-refractivity contribution in [2.24, 2.45) is 0 Å². The van der Waals surface area contributed by atoms with Crippen LogP contribution in [0.5, 0.6) is 0 Å². The zero-order chi connectivity index (χ0) is 51.0. The molecule has 0 amide bonds. The third kappa shape index (κ3) is 12.3. The second-order valence-corrected chi connectivity index (χ2v) is 81.2. The van der Waals surface area contributed by atoms with Gasteiger partial charge in [-0.25, -0.2) is 0 Å².